The molecule has 0 atom stereocenters. The average Bonchev–Trinajstić information content (AvgIpc) is 2.92. The second-order valence-corrected chi connectivity index (χ2v) is 8.29. The van der Waals surface area contributed by atoms with Crippen molar-refractivity contribution in [3.63, 3.8) is 0 Å². The van der Waals surface area contributed by atoms with Crippen molar-refractivity contribution in [2.24, 2.45) is 0 Å². The van der Waals surface area contributed by atoms with Gasteiger partial charge in [-0.05, 0) is 60.2 Å². The molecule has 2 aromatic carbocycles. The van der Waals surface area contributed by atoms with E-state index in [0.717, 1.165) is 38.4 Å². The van der Waals surface area contributed by atoms with Crippen LogP contribution in [0.15, 0.2) is 84.9 Å². The molecule has 2 N–H and O–H groups in total. The van der Waals surface area contributed by atoms with Gasteiger partial charge in [-0.15, -0.1) is 0 Å². The van der Waals surface area contributed by atoms with Crippen LogP contribution in [0, 0.1) is 0 Å². The van der Waals surface area contributed by atoms with Gasteiger partial charge in [-0.1, -0.05) is 36.4 Å². The summed E-state index contributed by atoms with van der Waals surface area (Å²) in [4.78, 5) is 32.9. The number of allylic oxidation sites excluding steroid dienone is 1. The predicted molar refractivity (Wildman–Crippen MR) is 137 cm³/mol. The molecule has 4 rings (SSSR count). The van der Waals surface area contributed by atoms with Crippen LogP contribution in [0.2, 0.25) is 0 Å². The minimum Gasteiger partial charge on any atom is -0.369 e. The van der Waals surface area contributed by atoms with E-state index < -0.39 is 5.91 Å². The Morgan fingerprint density at radius 3 is 2.14 bits per heavy atom. The van der Waals surface area contributed by atoms with Gasteiger partial charge in [0.2, 0.25) is 0 Å². The number of carbonyl (C=O) groups is 2. The molecule has 1 amide bonds. The lowest BCUT2D eigenvalue weighted by molar-refractivity contribution is -0.124. The molecule has 0 spiro atoms. The molecule has 1 aliphatic rings. The summed E-state index contributed by atoms with van der Waals surface area (Å²) in [5, 5.41) is 8.55. The van der Waals surface area contributed by atoms with Crippen molar-refractivity contribution in [3.05, 3.63) is 107 Å². The summed E-state index contributed by atoms with van der Waals surface area (Å²) in [6, 6.07) is 23.5. The first-order chi connectivity index (χ1) is 17.1. The maximum absolute atomic E-state index is 12.6. The van der Waals surface area contributed by atoms with Crippen molar-refractivity contribution in [1.29, 1.82) is 0 Å². The number of piperazine rings is 1. The summed E-state index contributed by atoms with van der Waals surface area (Å²) in [7, 11) is 0. The Labute approximate surface area is 205 Å². The Kier molecular flexibility index (Phi) is 8.17. The third-order valence-electron chi connectivity index (χ3n) is 5.85. The van der Waals surface area contributed by atoms with Crippen LogP contribution in [0.25, 0.3) is 12.2 Å². The maximum atomic E-state index is 12.6. The van der Waals surface area contributed by atoms with Gasteiger partial charge in [0, 0.05) is 50.1 Å². The summed E-state index contributed by atoms with van der Waals surface area (Å²) in [6.45, 7) is 4.89. The van der Waals surface area contributed by atoms with Crippen molar-refractivity contribution in [2.45, 2.75) is 6.54 Å². The molecule has 0 saturated carbocycles. The van der Waals surface area contributed by atoms with Gasteiger partial charge in [-0.3, -0.25) is 19.7 Å². The van der Waals surface area contributed by atoms with Crippen LogP contribution < -0.4 is 10.4 Å². The summed E-state index contributed by atoms with van der Waals surface area (Å²) in [5.41, 5.74) is 5.73. The van der Waals surface area contributed by atoms with E-state index >= 15 is 0 Å². The first kappa shape index (κ1) is 24.1. The Bertz CT molecular complexity index is 1200. The van der Waals surface area contributed by atoms with E-state index in [1.807, 2.05) is 30.3 Å². The van der Waals surface area contributed by atoms with Gasteiger partial charge in [0.05, 0.1) is 11.4 Å². The smallest absolute Gasteiger partial charge is 0.267 e. The zero-order valence-corrected chi connectivity index (χ0v) is 19.4. The van der Waals surface area contributed by atoms with E-state index in [0.29, 0.717) is 17.0 Å². The number of ketones is 1. The van der Waals surface area contributed by atoms with Gasteiger partial charge in [-0.25, -0.2) is 10.5 Å². The van der Waals surface area contributed by atoms with Crippen molar-refractivity contribution in [1.82, 2.24) is 15.4 Å². The molecule has 0 aliphatic carbocycles. The molecule has 1 aliphatic heterocycles. The van der Waals surface area contributed by atoms with Gasteiger partial charge < -0.3 is 4.90 Å². The number of aromatic nitrogens is 1. The van der Waals surface area contributed by atoms with Crippen LogP contribution in [-0.2, 0) is 11.3 Å². The Morgan fingerprint density at radius 1 is 0.829 bits per heavy atom. The molecule has 7 heteroatoms. The molecule has 1 saturated heterocycles. The van der Waals surface area contributed by atoms with E-state index in [4.69, 9.17) is 5.21 Å². The van der Waals surface area contributed by atoms with Crippen LogP contribution in [-0.4, -0.2) is 53.0 Å². The van der Waals surface area contributed by atoms with Crippen LogP contribution in [0.5, 0.6) is 0 Å². The first-order valence-electron chi connectivity index (χ1n) is 11.5. The Morgan fingerprint density at radius 2 is 1.49 bits per heavy atom. The highest BCUT2D eigenvalue weighted by Crippen LogP contribution is 2.19. The summed E-state index contributed by atoms with van der Waals surface area (Å²) >= 11 is 0. The van der Waals surface area contributed by atoms with Crippen molar-refractivity contribution >= 4 is 29.5 Å². The van der Waals surface area contributed by atoms with Crippen LogP contribution in [0.1, 0.15) is 27.3 Å². The average molecular weight is 469 g/mol. The molecule has 0 radical (unpaired) electrons. The summed E-state index contributed by atoms with van der Waals surface area (Å²) in [6.07, 6.45) is 5.79. The third-order valence-corrected chi connectivity index (χ3v) is 5.85. The quantitative estimate of drug-likeness (QED) is 0.226. The highest BCUT2D eigenvalue weighted by atomic mass is 16.5. The fraction of sp³-hybridized carbons (Fsp3) is 0.179. The van der Waals surface area contributed by atoms with Crippen molar-refractivity contribution in [2.75, 3.05) is 31.1 Å². The maximum Gasteiger partial charge on any atom is 0.267 e. The fourth-order valence-corrected chi connectivity index (χ4v) is 3.95. The number of anilines is 1. The molecular formula is C28H28N4O3. The zero-order chi connectivity index (χ0) is 24.5. The van der Waals surface area contributed by atoms with Gasteiger partial charge >= 0.3 is 0 Å². The predicted octanol–water partition coefficient (Wildman–Crippen LogP) is 3.82. The highest BCUT2D eigenvalue weighted by Gasteiger charge is 2.17. The Balaban J connectivity index is 1.31. The number of carbonyl (C=O) groups excluding carboxylic acids is 2. The molecular weight excluding hydrogens is 440 g/mol. The number of nitrogens with one attached hydrogen (secondary N) is 1. The van der Waals surface area contributed by atoms with Crippen LogP contribution in [0.3, 0.4) is 0 Å². The SMILES string of the molecule is O=C(C=Cc1cccc(C=CC(=O)c2ccc(N3CCN(Cc4ccccc4)CC3)cc2)n1)NO. The van der Waals surface area contributed by atoms with E-state index in [1.54, 1.807) is 24.3 Å². The zero-order valence-electron chi connectivity index (χ0n) is 19.4. The largest absolute Gasteiger partial charge is 0.369 e. The molecule has 1 fully saturated rings. The van der Waals surface area contributed by atoms with E-state index in [-0.39, 0.29) is 5.78 Å². The number of hydrogen-bond donors (Lipinski definition) is 2. The van der Waals surface area contributed by atoms with E-state index in [9.17, 15) is 9.59 Å². The van der Waals surface area contributed by atoms with Crippen molar-refractivity contribution < 1.29 is 14.8 Å². The molecule has 7 nitrogen and oxygen atoms in total. The van der Waals surface area contributed by atoms with Crippen LogP contribution >= 0.6 is 0 Å². The monoisotopic (exact) mass is 468 g/mol. The minimum atomic E-state index is -0.638. The Hall–Kier alpha value is -4.07. The second-order valence-electron chi connectivity index (χ2n) is 8.29. The number of pyridine rings is 1. The second kappa shape index (κ2) is 11.9. The lowest BCUT2D eigenvalue weighted by Gasteiger charge is -2.36. The molecule has 0 bridgehead atoms. The topological polar surface area (TPSA) is 85.8 Å². The minimum absolute atomic E-state index is 0.105. The van der Waals surface area contributed by atoms with Crippen LogP contribution in [0.4, 0.5) is 5.69 Å². The number of hydroxylamine groups is 1. The standard InChI is InChI=1S/C28H28N4O3/c33-27(15-11-24-7-4-8-25(29-24)12-16-28(34)30-35)23-9-13-26(14-10-23)32-19-17-31(18-20-32)21-22-5-2-1-3-6-22/h1-16,35H,17-21H2,(H,30,34). The number of nitrogens with zero attached hydrogens (tertiary/aromatic N) is 3. The van der Waals surface area contributed by atoms with Gasteiger partial charge in [0.15, 0.2) is 5.78 Å². The molecule has 0 unspecified atom stereocenters. The number of benzene rings is 2. The molecule has 35 heavy (non-hydrogen) atoms. The van der Waals surface area contributed by atoms with Crippen molar-refractivity contribution in [3.8, 4) is 0 Å². The lowest BCUT2D eigenvalue weighted by Crippen LogP contribution is -2.45. The first-order valence-corrected chi connectivity index (χ1v) is 11.5. The molecule has 178 valence electrons. The third kappa shape index (κ3) is 6.96. The summed E-state index contributed by atoms with van der Waals surface area (Å²) < 4.78 is 0. The normalized spacial score (nSPS) is 14.5. The van der Waals surface area contributed by atoms with Gasteiger partial charge in [0.25, 0.3) is 5.91 Å². The van der Waals surface area contributed by atoms with E-state index in [1.165, 1.54) is 29.3 Å². The molecule has 3 aromatic rings. The number of hydrogen-bond acceptors (Lipinski definition) is 6. The fourth-order valence-electron chi connectivity index (χ4n) is 3.95. The number of rotatable bonds is 8. The molecule has 1 aromatic heterocycles. The highest BCUT2D eigenvalue weighted by molar-refractivity contribution is 6.06. The number of amides is 1. The molecule has 2 heterocycles. The summed E-state index contributed by atoms with van der Waals surface area (Å²) in [5.74, 6) is -0.743. The van der Waals surface area contributed by atoms with E-state index in [2.05, 4.69) is 39.0 Å². The van der Waals surface area contributed by atoms with Gasteiger partial charge in [0.1, 0.15) is 0 Å². The lowest BCUT2D eigenvalue weighted by atomic mass is 10.1. The van der Waals surface area contributed by atoms with Gasteiger partial charge in [-0.2, -0.15) is 0 Å².